The molecule has 2 aromatic rings. The van der Waals surface area contributed by atoms with E-state index in [0.717, 1.165) is 31.7 Å². The minimum atomic E-state index is 0.373. The van der Waals surface area contributed by atoms with Crippen LogP contribution in [0.3, 0.4) is 0 Å². The van der Waals surface area contributed by atoms with Gasteiger partial charge in [0.1, 0.15) is 11.4 Å². The summed E-state index contributed by atoms with van der Waals surface area (Å²) in [7, 11) is 0. The van der Waals surface area contributed by atoms with Crippen LogP contribution in [-0.2, 0) is 19.4 Å². The molecular formula is C13H13N3O2. The normalized spacial score (nSPS) is 13.1. The fraction of sp³-hybridized carbons (Fsp3) is 0.308. The number of hydrogen-bond donors (Lipinski definition) is 0. The second-order valence-electron chi connectivity index (χ2n) is 4.31. The first-order valence-corrected chi connectivity index (χ1v) is 5.95. The maximum Gasteiger partial charge on any atom is 0.171 e. The van der Waals surface area contributed by atoms with Gasteiger partial charge < -0.3 is 4.74 Å². The van der Waals surface area contributed by atoms with Gasteiger partial charge in [-0.15, -0.1) is 5.10 Å². The van der Waals surface area contributed by atoms with E-state index in [0.29, 0.717) is 12.0 Å². The van der Waals surface area contributed by atoms with Gasteiger partial charge >= 0.3 is 0 Å². The molecule has 1 aliphatic rings. The van der Waals surface area contributed by atoms with Gasteiger partial charge in [-0.3, -0.25) is 9.48 Å². The Labute approximate surface area is 104 Å². The second-order valence-corrected chi connectivity index (χ2v) is 4.31. The van der Waals surface area contributed by atoms with Crippen LogP contribution in [0.25, 0.3) is 0 Å². The average molecular weight is 243 g/mol. The molecule has 1 aliphatic heterocycles. The molecule has 1 aromatic heterocycles. The average Bonchev–Trinajstić information content (AvgIpc) is 3.04. The molecule has 0 fully saturated rings. The van der Waals surface area contributed by atoms with Crippen molar-refractivity contribution in [2.75, 3.05) is 6.61 Å². The highest BCUT2D eigenvalue weighted by atomic mass is 16.5. The van der Waals surface area contributed by atoms with E-state index in [1.807, 2.05) is 6.07 Å². The number of fused-ring (bicyclic) bond motifs is 1. The van der Waals surface area contributed by atoms with Gasteiger partial charge in [0.15, 0.2) is 6.29 Å². The highest BCUT2D eigenvalue weighted by molar-refractivity contribution is 5.70. The number of carbonyl (C=O) groups excluding carboxylic acids is 1. The SMILES string of the molecule is O=Cc1cn(CCc2ccc3c(c2)CCO3)nn1. The lowest BCUT2D eigenvalue weighted by atomic mass is 10.1. The molecule has 3 rings (SSSR count). The first-order valence-electron chi connectivity index (χ1n) is 5.95. The van der Waals surface area contributed by atoms with Crippen molar-refractivity contribution in [3.63, 3.8) is 0 Å². The van der Waals surface area contributed by atoms with Crippen molar-refractivity contribution in [2.45, 2.75) is 19.4 Å². The zero-order valence-electron chi connectivity index (χ0n) is 9.87. The van der Waals surface area contributed by atoms with E-state index in [2.05, 4.69) is 22.4 Å². The molecule has 92 valence electrons. The summed E-state index contributed by atoms with van der Waals surface area (Å²) < 4.78 is 7.16. The van der Waals surface area contributed by atoms with Crippen molar-refractivity contribution in [3.8, 4) is 5.75 Å². The van der Waals surface area contributed by atoms with Crippen molar-refractivity contribution >= 4 is 6.29 Å². The molecule has 0 bridgehead atoms. The first kappa shape index (κ1) is 11.0. The summed E-state index contributed by atoms with van der Waals surface area (Å²) in [6, 6.07) is 6.28. The van der Waals surface area contributed by atoms with Crippen LogP contribution < -0.4 is 4.74 Å². The van der Waals surface area contributed by atoms with Crippen LogP contribution in [0.1, 0.15) is 21.6 Å². The second kappa shape index (κ2) is 4.60. The lowest BCUT2D eigenvalue weighted by molar-refractivity contribution is 0.111. The number of carbonyl (C=O) groups is 1. The summed E-state index contributed by atoms with van der Waals surface area (Å²) in [5.41, 5.74) is 2.90. The molecular weight excluding hydrogens is 230 g/mol. The summed E-state index contributed by atoms with van der Waals surface area (Å²) in [6.07, 6.45) is 4.22. The summed E-state index contributed by atoms with van der Waals surface area (Å²) in [6.45, 7) is 1.51. The van der Waals surface area contributed by atoms with Gasteiger partial charge in [-0.25, -0.2) is 0 Å². The molecule has 0 N–H and O–H groups in total. The monoisotopic (exact) mass is 243 g/mol. The third kappa shape index (κ3) is 2.11. The van der Waals surface area contributed by atoms with Crippen LogP contribution in [-0.4, -0.2) is 27.9 Å². The molecule has 0 aliphatic carbocycles. The maximum atomic E-state index is 10.5. The number of ether oxygens (including phenoxy) is 1. The predicted octanol–water partition coefficient (Wildman–Crippen LogP) is 1.27. The van der Waals surface area contributed by atoms with Gasteiger partial charge in [0, 0.05) is 13.0 Å². The maximum absolute atomic E-state index is 10.5. The van der Waals surface area contributed by atoms with Gasteiger partial charge in [-0.05, 0) is 23.6 Å². The van der Waals surface area contributed by atoms with Crippen molar-refractivity contribution in [1.29, 1.82) is 0 Å². The highest BCUT2D eigenvalue weighted by Crippen LogP contribution is 2.26. The van der Waals surface area contributed by atoms with E-state index in [4.69, 9.17) is 4.74 Å². The Kier molecular flexibility index (Phi) is 2.80. The van der Waals surface area contributed by atoms with Gasteiger partial charge in [-0.2, -0.15) is 0 Å². The third-order valence-corrected chi connectivity index (χ3v) is 3.06. The molecule has 0 atom stereocenters. The van der Waals surface area contributed by atoms with Gasteiger partial charge in [0.25, 0.3) is 0 Å². The van der Waals surface area contributed by atoms with Gasteiger partial charge in [0.2, 0.25) is 0 Å². The van der Waals surface area contributed by atoms with Crippen molar-refractivity contribution in [3.05, 3.63) is 41.2 Å². The Morgan fingerprint density at radius 1 is 1.44 bits per heavy atom. The van der Waals surface area contributed by atoms with Crippen LogP contribution in [0.4, 0.5) is 0 Å². The Morgan fingerprint density at radius 3 is 3.22 bits per heavy atom. The van der Waals surface area contributed by atoms with Crippen LogP contribution in [0, 0.1) is 0 Å². The van der Waals surface area contributed by atoms with E-state index >= 15 is 0 Å². The van der Waals surface area contributed by atoms with Crippen molar-refractivity contribution in [1.82, 2.24) is 15.0 Å². The summed E-state index contributed by atoms with van der Waals surface area (Å²) in [5, 5.41) is 7.62. The number of aldehydes is 1. The molecule has 18 heavy (non-hydrogen) atoms. The smallest absolute Gasteiger partial charge is 0.171 e. The first-order chi connectivity index (χ1) is 8.85. The number of benzene rings is 1. The predicted molar refractivity (Wildman–Crippen MR) is 64.8 cm³/mol. The van der Waals surface area contributed by atoms with Crippen LogP contribution in [0.5, 0.6) is 5.75 Å². The zero-order chi connectivity index (χ0) is 12.4. The Morgan fingerprint density at radius 2 is 2.39 bits per heavy atom. The Hall–Kier alpha value is -2.17. The molecule has 5 heteroatoms. The van der Waals surface area contributed by atoms with E-state index < -0.39 is 0 Å². The number of hydrogen-bond acceptors (Lipinski definition) is 4. The van der Waals surface area contributed by atoms with E-state index in [1.165, 1.54) is 11.1 Å². The quantitative estimate of drug-likeness (QED) is 0.759. The number of nitrogens with zero attached hydrogens (tertiary/aromatic N) is 3. The molecule has 0 spiro atoms. The van der Waals surface area contributed by atoms with Crippen molar-refractivity contribution in [2.24, 2.45) is 0 Å². The summed E-state index contributed by atoms with van der Waals surface area (Å²) >= 11 is 0. The third-order valence-electron chi connectivity index (χ3n) is 3.06. The minimum absolute atomic E-state index is 0.373. The minimum Gasteiger partial charge on any atom is -0.493 e. The molecule has 1 aromatic carbocycles. The van der Waals surface area contributed by atoms with Crippen LogP contribution in [0.2, 0.25) is 0 Å². The van der Waals surface area contributed by atoms with Gasteiger partial charge in [-0.1, -0.05) is 17.3 Å². The molecule has 0 radical (unpaired) electrons. The number of rotatable bonds is 4. The molecule has 0 saturated heterocycles. The fourth-order valence-electron chi connectivity index (χ4n) is 2.12. The topological polar surface area (TPSA) is 57.0 Å². The highest BCUT2D eigenvalue weighted by Gasteiger charge is 2.11. The molecule has 0 unspecified atom stereocenters. The Balaban J connectivity index is 1.68. The molecule has 0 saturated carbocycles. The lowest BCUT2D eigenvalue weighted by Gasteiger charge is -2.04. The van der Waals surface area contributed by atoms with Crippen LogP contribution in [0.15, 0.2) is 24.4 Å². The van der Waals surface area contributed by atoms with Crippen LogP contribution >= 0.6 is 0 Å². The molecule has 0 amide bonds. The van der Waals surface area contributed by atoms with Crippen molar-refractivity contribution < 1.29 is 9.53 Å². The summed E-state index contributed by atoms with van der Waals surface area (Å²) in [4.78, 5) is 10.5. The standard InChI is InChI=1S/C13H13N3O2/c17-9-12-8-16(15-14-12)5-3-10-1-2-13-11(7-10)4-6-18-13/h1-2,7-9H,3-6H2. The van der Waals surface area contributed by atoms with E-state index in [1.54, 1.807) is 10.9 Å². The fourth-order valence-corrected chi connectivity index (χ4v) is 2.12. The number of aromatic nitrogens is 3. The van der Waals surface area contributed by atoms with E-state index in [-0.39, 0.29) is 0 Å². The molecule has 2 heterocycles. The molecule has 5 nitrogen and oxygen atoms in total. The largest absolute Gasteiger partial charge is 0.493 e. The Bertz CT molecular complexity index is 577. The van der Waals surface area contributed by atoms with E-state index in [9.17, 15) is 4.79 Å². The van der Waals surface area contributed by atoms with Gasteiger partial charge in [0.05, 0.1) is 12.8 Å². The zero-order valence-corrected chi connectivity index (χ0v) is 9.87. The number of aryl methyl sites for hydroxylation is 2. The summed E-state index contributed by atoms with van der Waals surface area (Å²) in [5.74, 6) is 1.00. The lowest BCUT2D eigenvalue weighted by Crippen LogP contribution is -2.02.